The fraction of sp³-hybridized carbons (Fsp3) is 0.714. The number of aryl methyl sites for hydroxylation is 1. The normalized spacial score (nSPS) is 26.2. The summed E-state index contributed by atoms with van der Waals surface area (Å²) in [5.41, 5.74) is 2.49. The molecule has 3 heteroatoms. The number of likely N-dealkylation sites (tertiary alicyclic amines) is 1. The Bertz CT molecular complexity index is 539. The van der Waals surface area contributed by atoms with Crippen molar-refractivity contribution in [2.24, 2.45) is 5.92 Å². The molecule has 0 amide bonds. The molecule has 1 fully saturated rings. The summed E-state index contributed by atoms with van der Waals surface area (Å²) in [6, 6.07) is 6.32. The van der Waals surface area contributed by atoms with Crippen LogP contribution in [-0.2, 0) is 5.41 Å². The molecule has 0 aliphatic carbocycles. The minimum Gasteiger partial charge on any atom is -0.490 e. The number of hydrogen-bond donors (Lipinski definition) is 1. The van der Waals surface area contributed by atoms with Crippen molar-refractivity contribution in [1.82, 2.24) is 0 Å². The van der Waals surface area contributed by atoms with E-state index in [1.165, 1.54) is 24.0 Å². The van der Waals surface area contributed by atoms with Crippen LogP contribution in [0.3, 0.4) is 0 Å². The molecule has 1 aliphatic heterocycles. The number of ether oxygens (including phenoxy) is 1. The van der Waals surface area contributed by atoms with Crippen LogP contribution in [0.1, 0.15) is 51.7 Å². The Morgan fingerprint density at radius 2 is 1.88 bits per heavy atom. The SMILES string of the molecule is Cc1ccc(OC[C@@H](O)C[N+]2(C)CCC(C)CC2)c(C(C)(C)C)c1. The van der Waals surface area contributed by atoms with Gasteiger partial charge in [-0.1, -0.05) is 45.4 Å². The Morgan fingerprint density at radius 1 is 1.25 bits per heavy atom. The lowest BCUT2D eigenvalue weighted by atomic mass is 9.85. The molecule has 1 aromatic carbocycles. The molecule has 0 radical (unpaired) electrons. The second kappa shape index (κ2) is 7.45. The second-order valence-corrected chi connectivity index (χ2v) is 9.15. The molecule has 0 unspecified atom stereocenters. The quantitative estimate of drug-likeness (QED) is 0.827. The first kappa shape index (κ1) is 19.3. The molecule has 0 bridgehead atoms. The molecule has 136 valence electrons. The van der Waals surface area contributed by atoms with Crippen LogP contribution in [0.5, 0.6) is 5.75 Å². The predicted molar refractivity (Wildman–Crippen MR) is 101 cm³/mol. The minimum atomic E-state index is -0.419. The molecule has 1 heterocycles. The number of aliphatic hydroxyl groups is 1. The van der Waals surface area contributed by atoms with Crippen LogP contribution in [-0.4, -0.2) is 49.0 Å². The maximum atomic E-state index is 10.5. The van der Waals surface area contributed by atoms with E-state index < -0.39 is 6.10 Å². The fourth-order valence-corrected chi connectivity index (χ4v) is 3.61. The Hall–Kier alpha value is -1.06. The first-order valence-electron chi connectivity index (χ1n) is 9.35. The van der Waals surface area contributed by atoms with Crippen LogP contribution in [0.25, 0.3) is 0 Å². The molecule has 3 nitrogen and oxygen atoms in total. The van der Waals surface area contributed by atoms with Crippen LogP contribution < -0.4 is 4.74 Å². The fourth-order valence-electron chi connectivity index (χ4n) is 3.61. The first-order chi connectivity index (χ1) is 11.1. The second-order valence-electron chi connectivity index (χ2n) is 9.15. The molecular weight excluding hydrogens is 298 g/mol. The van der Waals surface area contributed by atoms with Gasteiger partial charge in [-0.15, -0.1) is 0 Å². The summed E-state index contributed by atoms with van der Waals surface area (Å²) < 4.78 is 7.00. The van der Waals surface area contributed by atoms with E-state index in [1.807, 2.05) is 6.07 Å². The van der Waals surface area contributed by atoms with Crippen molar-refractivity contribution in [3.63, 3.8) is 0 Å². The van der Waals surface area contributed by atoms with E-state index in [0.29, 0.717) is 6.61 Å². The summed E-state index contributed by atoms with van der Waals surface area (Å²) in [5, 5.41) is 10.5. The van der Waals surface area contributed by atoms with Crippen molar-refractivity contribution < 1.29 is 14.3 Å². The summed E-state index contributed by atoms with van der Waals surface area (Å²) in [4.78, 5) is 0. The van der Waals surface area contributed by atoms with Gasteiger partial charge >= 0.3 is 0 Å². The van der Waals surface area contributed by atoms with E-state index in [4.69, 9.17) is 4.74 Å². The highest BCUT2D eigenvalue weighted by molar-refractivity contribution is 5.41. The van der Waals surface area contributed by atoms with Gasteiger partial charge in [-0.25, -0.2) is 0 Å². The number of likely N-dealkylation sites (N-methyl/N-ethyl adjacent to an activating group) is 1. The van der Waals surface area contributed by atoms with Gasteiger partial charge in [0.1, 0.15) is 25.0 Å². The third kappa shape index (κ3) is 5.22. The molecule has 0 spiro atoms. The Labute approximate surface area is 148 Å². The van der Waals surface area contributed by atoms with E-state index in [0.717, 1.165) is 35.8 Å². The summed E-state index contributed by atoms with van der Waals surface area (Å²) in [5.74, 6) is 1.73. The van der Waals surface area contributed by atoms with Gasteiger partial charge in [0.05, 0.1) is 20.1 Å². The number of rotatable bonds is 5. The zero-order valence-corrected chi connectivity index (χ0v) is 16.4. The molecule has 1 saturated heterocycles. The lowest BCUT2D eigenvalue weighted by Gasteiger charge is -2.41. The molecule has 0 aromatic heterocycles. The maximum Gasteiger partial charge on any atom is 0.137 e. The average molecular weight is 335 g/mol. The van der Waals surface area contributed by atoms with Crippen molar-refractivity contribution >= 4 is 0 Å². The number of piperidine rings is 1. The zero-order valence-electron chi connectivity index (χ0n) is 16.4. The van der Waals surface area contributed by atoms with E-state index >= 15 is 0 Å². The van der Waals surface area contributed by atoms with Gasteiger partial charge in [0.15, 0.2) is 0 Å². The van der Waals surface area contributed by atoms with Crippen molar-refractivity contribution in [3.8, 4) is 5.75 Å². The molecule has 1 atom stereocenters. The van der Waals surface area contributed by atoms with Crippen molar-refractivity contribution in [2.75, 3.05) is 33.3 Å². The van der Waals surface area contributed by atoms with Gasteiger partial charge < -0.3 is 14.3 Å². The summed E-state index contributed by atoms with van der Waals surface area (Å²) in [7, 11) is 2.27. The van der Waals surface area contributed by atoms with E-state index in [2.05, 4.69) is 53.8 Å². The van der Waals surface area contributed by atoms with E-state index in [-0.39, 0.29) is 5.41 Å². The van der Waals surface area contributed by atoms with Gasteiger partial charge in [-0.05, 0) is 42.7 Å². The summed E-state index contributed by atoms with van der Waals surface area (Å²) >= 11 is 0. The van der Waals surface area contributed by atoms with Crippen molar-refractivity contribution in [3.05, 3.63) is 29.3 Å². The molecule has 0 saturated carbocycles. The standard InChI is InChI=1S/C21H36NO2/c1-16-9-11-22(6,12-10-16)14-18(23)15-24-20-8-7-17(2)13-19(20)21(3,4)5/h7-8,13,16,18,23H,9-12,14-15H2,1-6H3/q+1/t16?,18-,22?/m0/s1. The predicted octanol–water partition coefficient (Wildman–Crippen LogP) is 3.91. The van der Waals surface area contributed by atoms with Crippen LogP contribution in [0.2, 0.25) is 0 Å². The Kier molecular flexibility index (Phi) is 5.98. The number of benzene rings is 1. The molecule has 1 N–H and O–H groups in total. The molecule has 24 heavy (non-hydrogen) atoms. The highest BCUT2D eigenvalue weighted by Crippen LogP contribution is 2.32. The number of nitrogens with zero attached hydrogens (tertiary/aromatic N) is 1. The van der Waals surface area contributed by atoms with Gasteiger partial charge in [0.25, 0.3) is 0 Å². The smallest absolute Gasteiger partial charge is 0.137 e. The zero-order chi connectivity index (χ0) is 18.0. The van der Waals surface area contributed by atoms with Gasteiger partial charge in [-0.3, -0.25) is 0 Å². The first-order valence-corrected chi connectivity index (χ1v) is 9.35. The number of quaternary nitrogens is 1. The number of hydrogen-bond acceptors (Lipinski definition) is 2. The van der Waals surface area contributed by atoms with Crippen molar-refractivity contribution in [2.45, 2.75) is 59.0 Å². The highest BCUT2D eigenvalue weighted by Gasteiger charge is 2.31. The van der Waals surface area contributed by atoms with Crippen molar-refractivity contribution in [1.29, 1.82) is 0 Å². The van der Waals surface area contributed by atoms with Crippen LogP contribution in [0.4, 0.5) is 0 Å². The lowest BCUT2D eigenvalue weighted by Crippen LogP contribution is -2.54. The Morgan fingerprint density at radius 3 is 2.46 bits per heavy atom. The van der Waals surface area contributed by atoms with Crippen LogP contribution in [0.15, 0.2) is 18.2 Å². The summed E-state index contributed by atoms with van der Waals surface area (Å²) in [6.07, 6.45) is 2.10. The maximum absolute atomic E-state index is 10.5. The van der Waals surface area contributed by atoms with E-state index in [1.54, 1.807) is 0 Å². The van der Waals surface area contributed by atoms with Gasteiger partial charge in [0, 0.05) is 0 Å². The Balaban J connectivity index is 1.96. The molecule has 1 aliphatic rings. The molecular formula is C21H36NO2+. The summed E-state index contributed by atoms with van der Waals surface area (Å²) in [6.45, 7) is 14.5. The third-order valence-electron chi connectivity index (χ3n) is 5.35. The van der Waals surface area contributed by atoms with E-state index in [9.17, 15) is 5.11 Å². The third-order valence-corrected chi connectivity index (χ3v) is 5.35. The average Bonchev–Trinajstić information content (AvgIpc) is 2.48. The largest absolute Gasteiger partial charge is 0.490 e. The molecule has 1 aromatic rings. The lowest BCUT2D eigenvalue weighted by molar-refractivity contribution is -0.918. The minimum absolute atomic E-state index is 0.0356. The topological polar surface area (TPSA) is 29.5 Å². The van der Waals surface area contributed by atoms with Gasteiger partial charge in [0.2, 0.25) is 0 Å². The molecule has 2 rings (SSSR count). The highest BCUT2D eigenvalue weighted by atomic mass is 16.5. The monoisotopic (exact) mass is 334 g/mol. The van der Waals surface area contributed by atoms with Crippen LogP contribution in [0, 0.1) is 12.8 Å². The van der Waals surface area contributed by atoms with Gasteiger partial charge in [-0.2, -0.15) is 0 Å². The number of aliphatic hydroxyl groups excluding tert-OH is 1. The van der Waals surface area contributed by atoms with Crippen LogP contribution >= 0.6 is 0 Å².